The molecule has 0 amide bonds. The standard InChI is InChI=1S/C12H17ClN2/c1-10(7-14)8-15(2)9-11-5-3-4-6-12(11)13/h3-6H,1,7-9,14H2,2H3. The van der Waals surface area contributed by atoms with E-state index < -0.39 is 0 Å². The van der Waals surface area contributed by atoms with E-state index in [1.165, 1.54) is 0 Å². The molecule has 0 atom stereocenters. The van der Waals surface area contributed by atoms with Crippen LogP contribution in [0.5, 0.6) is 0 Å². The lowest BCUT2D eigenvalue weighted by Crippen LogP contribution is -2.23. The van der Waals surface area contributed by atoms with Gasteiger partial charge in [0.2, 0.25) is 0 Å². The van der Waals surface area contributed by atoms with Crippen LogP contribution in [-0.4, -0.2) is 25.0 Å². The maximum absolute atomic E-state index is 6.06. The highest BCUT2D eigenvalue weighted by Crippen LogP contribution is 2.16. The third-order valence-electron chi connectivity index (χ3n) is 2.18. The molecule has 1 rings (SSSR count). The second-order valence-corrected chi connectivity index (χ2v) is 4.13. The summed E-state index contributed by atoms with van der Waals surface area (Å²) in [5.74, 6) is 0. The first kappa shape index (κ1) is 12.2. The second kappa shape index (κ2) is 5.91. The highest BCUT2D eigenvalue weighted by molar-refractivity contribution is 6.31. The quantitative estimate of drug-likeness (QED) is 0.778. The van der Waals surface area contributed by atoms with Gasteiger partial charge in [0, 0.05) is 24.7 Å². The number of rotatable bonds is 5. The number of nitrogens with zero attached hydrogens (tertiary/aromatic N) is 1. The van der Waals surface area contributed by atoms with Crippen LogP contribution in [0.4, 0.5) is 0 Å². The highest BCUT2D eigenvalue weighted by Gasteiger charge is 2.04. The van der Waals surface area contributed by atoms with Crippen molar-refractivity contribution in [2.75, 3.05) is 20.1 Å². The average molecular weight is 225 g/mol. The number of benzene rings is 1. The molecule has 3 heteroatoms. The van der Waals surface area contributed by atoms with Gasteiger partial charge in [0.15, 0.2) is 0 Å². The molecule has 82 valence electrons. The summed E-state index contributed by atoms with van der Waals surface area (Å²) in [6.07, 6.45) is 0. The first-order valence-electron chi connectivity index (χ1n) is 4.92. The molecule has 0 heterocycles. The summed E-state index contributed by atoms with van der Waals surface area (Å²) in [7, 11) is 2.03. The van der Waals surface area contributed by atoms with E-state index in [0.717, 1.165) is 29.2 Å². The molecular formula is C12H17ClN2. The van der Waals surface area contributed by atoms with Gasteiger partial charge in [-0.05, 0) is 24.3 Å². The van der Waals surface area contributed by atoms with Crippen LogP contribution in [0, 0.1) is 0 Å². The first-order valence-corrected chi connectivity index (χ1v) is 5.30. The van der Waals surface area contributed by atoms with E-state index in [2.05, 4.69) is 11.5 Å². The Morgan fingerprint density at radius 1 is 1.47 bits per heavy atom. The third-order valence-corrected chi connectivity index (χ3v) is 2.55. The van der Waals surface area contributed by atoms with Crippen LogP contribution in [-0.2, 0) is 6.54 Å². The predicted octanol–water partition coefficient (Wildman–Crippen LogP) is 2.29. The zero-order chi connectivity index (χ0) is 11.3. The molecule has 0 aliphatic heterocycles. The van der Waals surface area contributed by atoms with Crippen LogP contribution < -0.4 is 5.73 Å². The molecule has 0 radical (unpaired) electrons. The smallest absolute Gasteiger partial charge is 0.0451 e. The highest BCUT2D eigenvalue weighted by atomic mass is 35.5. The minimum atomic E-state index is 0.535. The molecule has 1 aromatic rings. The molecule has 1 aromatic carbocycles. The molecule has 0 aliphatic carbocycles. The van der Waals surface area contributed by atoms with Crippen molar-refractivity contribution in [3.8, 4) is 0 Å². The van der Waals surface area contributed by atoms with E-state index in [9.17, 15) is 0 Å². The molecule has 15 heavy (non-hydrogen) atoms. The topological polar surface area (TPSA) is 29.3 Å². The minimum Gasteiger partial charge on any atom is -0.327 e. The van der Waals surface area contributed by atoms with Crippen LogP contribution in [0.25, 0.3) is 0 Å². The average Bonchev–Trinajstić information content (AvgIpc) is 2.21. The van der Waals surface area contributed by atoms with Gasteiger partial charge in [-0.3, -0.25) is 4.90 Å². The van der Waals surface area contributed by atoms with Crippen molar-refractivity contribution in [1.82, 2.24) is 4.90 Å². The lowest BCUT2D eigenvalue weighted by molar-refractivity contribution is 0.354. The lowest BCUT2D eigenvalue weighted by Gasteiger charge is -2.18. The van der Waals surface area contributed by atoms with E-state index in [4.69, 9.17) is 17.3 Å². The second-order valence-electron chi connectivity index (χ2n) is 3.72. The molecule has 0 bridgehead atoms. The molecule has 0 aromatic heterocycles. The van der Waals surface area contributed by atoms with Gasteiger partial charge < -0.3 is 5.73 Å². The summed E-state index contributed by atoms with van der Waals surface area (Å²) in [6, 6.07) is 7.87. The number of nitrogens with two attached hydrogens (primary N) is 1. The molecule has 0 spiro atoms. The SMILES string of the molecule is C=C(CN)CN(C)Cc1ccccc1Cl. The van der Waals surface area contributed by atoms with Gasteiger partial charge in [-0.1, -0.05) is 36.4 Å². The monoisotopic (exact) mass is 224 g/mol. The molecule has 0 unspecified atom stereocenters. The Morgan fingerprint density at radius 3 is 2.73 bits per heavy atom. The Bertz CT molecular complexity index is 336. The van der Waals surface area contributed by atoms with Crippen molar-refractivity contribution >= 4 is 11.6 Å². The number of hydrogen-bond donors (Lipinski definition) is 1. The lowest BCUT2D eigenvalue weighted by atomic mass is 10.2. The van der Waals surface area contributed by atoms with Crippen molar-refractivity contribution in [3.63, 3.8) is 0 Å². The molecule has 0 aliphatic rings. The molecular weight excluding hydrogens is 208 g/mol. The number of halogens is 1. The Balaban J connectivity index is 2.55. The molecule has 0 fully saturated rings. The summed E-state index contributed by atoms with van der Waals surface area (Å²) in [5.41, 5.74) is 7.65. The summed E-state index contributed by atoms with van der Waals surface area (Å²) in [6.45, 7) is 6.04. The Hall–Kier alpha value is -0.830. The van der Waals surface area contributed by atoms with Gasteiger partial charge in [-0.2, -0.15) is 0 Å². The van der Waals surface area contributed by atoms with Crippen molar-refractivity contribution in [2.24, 2.45) is 5.73 Å². The van der Waals surface area contributed by atoms with Crippen molar-refractivity contribution in [2.45, 2.75) is 6.54 Å². The fourth-order valence-electron chi connectivity index (χ4n) is 1.42. The zero-order valence-electron chi connectivity index (χ0n) is 9.04. The molecule has 2 nitrogen and oxygen atoms in total. The fourth-order valence-corrected chi connectivity index (χ4v) is 1.62. The Morgan fingerprint density at radius 2 is 2.13 bits per heavy atom. The van der Waals surface area contributed by atoms with Gasteiger partial charge in [-0.15, -0.1) is 0 Å². The van der Waals surface area contributed by atoms with Gasteiger partial charge >= 0.3 is 0 Å². The number of likely N-dealkylation sites (N-methyl/N-ethyl adjacent to an activating group) is 1. The summed E-state index contributed by atoms with van der Waals surface area (Å²) in [5, 5.41) is 0.808. The van der Waals surface area contributed by atoms with E-state index >= 15 is 0 Å². The van der Waals surface area contributed by atoms with Crippen LogP contribution in [0.3, 0.4) is 0 Å². The fraction of sp³-hybridized carbons (Fsp3) is 0.333. The van der Waals surface area contributed by atoms with Crippen molar-refractivity contribution in [3.05, 3.63) is 47.0 Å². The van der Waals surface area contributed by atoms with Gasteiger partial charge in [-0.25, -0.2) is 0 Å². The maximum Gasteiger partial charge on any atom is 0.0451 e. The zero-order valence-corrected chi connectivity index (χ0v) is 9.80. The van der Waals surface area contributed by atoms with E-state index in [-0.39, 0.29) is 0 Å². The van der Waals surface area contributed by atoms with Gasteiger partial charge in [0.1, 0.15) is 0 Å². The van der Waals surface area contributed by atoms with Crippen molar-refractivity contribution < 1.29 is 0 Å². The minimum absolute atomic E-state index is 0.535. The molecule has 0 saturated carbocycles. The Labute approximate surface area is 96.3 Å². The van der Waals surface area contributed by atoms with Crippen molar-refractivity contribution in [1.29, 1.82) is 0 Å². The number of hydrogen-bond acceptors (Lipinski definition) is 2. The third kappa shape index (κ3) is 4.04. The van der Waals surface area contributed by atoms with E-state index in [0.29, 0.717) is 6.54 Å². The Kier molecular flexibility index (Phi) is 4.82. The van der Waals surface area contributed by atoms with Gasteiger partial charge in [0.25, 0.3) is 0 Å². The van der Waals surface area contributed by atoms with E-state index in [1.54, 1.807) is 0 Å². The largest absolute Gasteiger partial charge is 0.327 e. The molecule has 0 saturated heterocycles. The maximum atomic E-state index is 6.06. The summed E-state index contributed by atoms with van der Waals surface area (Å²) >= 11 is 6.06. The summed E-state index contributed by atoms with van der Waals surface area (Å²) in [4.78, 5) is 2.15. The summed E-state index contributed by atoms with van der Waals surface area (Å²) < 4.78 is 0. The first-order chi connectivity index (χ1) is 7.13. The van der Waals surface area contributed by atoms with Crippen LogP contribution in [0.15, 0.2) is 36.4 Å². The van der Waals surface area contributed by atoms with Crippen LogP contribution in [0.1, 0.15) is 5.56 Å². The van der Waals surface area contributed by atoms with E-state index in [1.807, 2.05) is 31.3 Å². The van der Waals surface area contributed by atoms with Crippen LogP contribution in [0.2, 0.25) is 5.02 Å². The normalized spacial score (nSPS) is 10.7. The van der Waals surface area contributed by atoms with Crippen LogP contribution >= 0.6 is 11.6 Å². The predicted molar refractivity (Wildman–Crippen MR) is 66.0 cm³/mol. The molecule has 2 N–H and O–H groups in total. The van der Waals surface area contributed by atoms with Gasteiger partial charge in [0.05, 0.1) is 0 Å².